The molecule has 0 spiro atoms. The largest absolute Gasteiger partial charge is 0.481 e. The maximum atomic E-state index is 11.3. The van der Waals surface area contributed by atoms with Crippen molar-refractivity contribution in [1.82, 2.24) is 5.32 Å². The number of nitrogens with one attached hydrogen (secondary N) is 1. The average molecular weight is 272 g/mol. The number of nitro benzene ring substituents is 1. The molecular weight excluding hydrogens is 260 g/mol. The monoisotopic (exact) mass is 272 g/mol. The van der Waals surface area contributed by atoms with Gasteiger partial charge in [0.1, 0.15) is 6.10 Å². The van der Waals surface area contributed by atoms with Crippen molar-refractivity contribution in [2.75, 3.05) is 19.3 Å². The Labute approximate surface area is 104 Å². The third-order valence-corrected chi connectivity index (χ3v) is 3.70. The zero-order valence-corrected chi connectivity index (χ0v) is 10.4. The molecule has 1 saturated heterocycles. The van der Waals surface area contributed by atoms with Gasteiger partial charge in [-0.25, -0.2) is 8.42 Å². The van der Waals surface area contributed by atoms with Crippen LogP contribution in [0.25, 0.3) is 0 Å². The van der Waals surface area contributed by atoms with Gasteiger partial charge in [0.05, 0.1) is 9.82 Å². The molecule has 18 heavy (non-hydrogen) atoms. The highest BCUT2D eigenvalue weighted by atomic mass is 32.2. The minimum Gasteiger partial charge on any atom is -0.481 e. The van der Waals surface area contributed by atoms with Gasteiger partial charge in [0.15, 0.2) is 15.6 Å². The highest BCUT2D eigenvalue weighted by Gasteiger charge is 2.25. The summed E-state index contributed by atoms with van der Waals surface area (Å²) in [6, 6.07) is 3.66. The molecule has 0 radical (unpaired) electrons. The van der Waals surface area contributed by atoms with Gasteiger partial charge < -0.3 is 10.1 Å². The summed E-state index contributed by atoms with van der Waals surface area (Å²) in [6.07, 6.45) is 0.899. The van der Waals surface area contributed by atoms with Gasteiger partial charge in [-0.2, -0.15) is 0 Å². The van der Waals surface area contributed by atoms with Crippen molar-refractivity contribution >= 4 is 15.5 Å². The van der Waals surface area contributed by atoms with E-state index in [9.17, 15) is 18.5 Å². The zero-order valence-electron chi connectivity index (χ0n) is 9.62. The summed E-state index contributed by atoms with van der Waals surface area (Å²) in [5.41, 5.74) is -0.329. The molecule has 1 aromatic rings. The van der Waals surface area contributed by atoms with E-state index in [2.05, 4.69) is 5.32 Å². The van der Waals surface area contributed by atoms with Crippen LogP contribution in [-0.4, -0.2) is 38.8 Å². The first kappa shape index (κ1) is 12.8. The second-order valence-corrected chi connectivity index (χ2v) is 6.07. The molecular formula is C10H12N2O5S. The van der Waals surface area contributed by atoms with E-state index >= 15 is 0 Å². The van der Waals surface area contributed by atoms with E-state index in [4.69, 9.17) is 4.74 Å². The number of nitrogens with zero attached hydrogens (tertiary/aromatic N) is 1. The normalized spacial score (nSPS) is 16.1. The summed E-state index contributed by atoms with van der Waals surface area (Å²) in [5.74, 6) is 0.0962. The quantitative estimate of drug-likeness (QED) is 0.627. The lowest BCUT2D eigenvalue weighted by Crippen LogP contribution is -2.50. The highest BCUT2D eigenvalue weighted by molar-refractivity contribution is 7.90. The molecule has 0 saturated carbocycles. The number of sulfone groups is 1. The Morgan fingerprint density at radius 3 is 2.56 bits per heavy atom. The fourth-order valence-electron chi connectivity index (χ4n) is 1.50. The van der Waals surface area contributed by atoms with E-state index in [-0.39, 0.29) is 22.4 Å². The zero-order chi connectivity index (χ0) is 13.3. The minimum absolute atomic E-state index is 0.0896. The molecule has 0 aromatic heterocycles. The van der Waals surface area contributed by atoms with E-state index in [1.54, 1.807) is 0 Å². The third kappa shape index (κ3) is 2.59. The maximum Gasteiger partial charge on any atom is 0.312 e. The predicted molar refractivity (Wildman–Crippen MR) is 63.5 cm³/mol. The molecule has 0 aliphatic carbocycles. The number of ether oxygens (including phenoxy) is 1. The van der Waals surface area contributed by atoms with Crippen molar-refractivity contribution in [1.29, 1.82) is 0 Å². The molecule has 8 heteroatoms. The van der Waals surface area contributed by atoms with E-state index in [1.165, 1.54) is 12.1 Å². The van der Waals surface area contributed by atoms with Crippen LogP contribution in [0.2, 0.25) is 0 Å². The van der Waals surface area contributed by atoms with Crippen LogP contribution in [0.1, 0.15) is 0 Å². The second kappa shape index (κ2) is 4.54. The van der Waals surface area contributed by atoms with Crippen molar-refractivity contribution in [3.8, 4) is 5.75 Å². The molecule has 0 atom stereocenters. The summed E-state index contributed by atoms with van der Waals surface area (Å²) in [5, 5.41) is 13.9. The number of nitro groups is 1. The number of hydrogen-bond acceptors (Lipinski definition) is 6. The van der Waals surface area contributed by atoms with Crippen molar-refractivity contribution in [3.63, 3.8) is 0 Å². The van der Waals surface area contributed by atoms with Gasteiger partial charge in [-0.05, 0) is 12.1 Å². The topological polar surface area (TPSA) is 98.5 Å². The average Bonchev–Trinajstić information content (AvgIpc) is 2.21. The van der Waals surface area contributed by atoms with Gasteiger partial charge in [0.2, 0.25) is 0 Å². The van der Waals surface area contributed by atoms with Crippen molar-refractivity contribution in [2.24, 2.45) is 0 Å². The summed E-state index contributed by atoms with van der Waals surface area (Å²) >= 11 is 0. The lowest BCUT2D eigenvalue weighted by Gasteiger charge is -2.27. The maximum absolute atomic E-state index is 11.3. The summed E-state index contributed by atoms with van der Waals surface area (Å²) in [4.78, 5) is 10.2. The molecule has 1 heterocycles. The highest BCUT2D eigenvalue weighted by Crippen LogP contribution is 2.30. The second-order valence-electron chi connectivity index (χ2n) is 4.06. The van der Waals surface area contributed by atoms with E-state index in [0.29, 0.717) is 13.1 Å². The van der Waals surface area contributed by atoms with Crippen LogP contribution in [0.15, 0.2) is 23.1 Å². The molecule has 0 unspecified atom stereocenters. The Morgan fingerprint density at radius 1 is 1.44 bits per heavy atom. The van der Waals surface area contributed by atoms with Crippen LogP contribution in [0, 0.1) is 10.1 Å². The molecule has 0 amide bonds. The predicted octanol–water partition coefficient (Wildman–Crippen LogP) is 0.349. The van der Waals surface area contributed by atoms with E-state index in [1.807, 2.05) is 0 Å². The SMILES string of the molecule is CS(=O)(=O)c1ccc(OC2CNC2)c([N+](=O)[O-])c1. The van der Waals surface area contributed by atoms with Gasteiger partial charge in [0, 0.05) is 25.4 Å². The van der Waals surface area contributed by atoms with Gasteiger partial charge in [-0.3, -0.25) is 10.1 Å². The summed E-state index contributed by atoms with van der Waals surface area (Å²) in [6.45, 7) is 1.26. The first-order valence-corrected chi connectivity index (χ1v) is 7.13. The Morgan fingerprint density at radius 2 is 2.11 bits per heavy atom. The molecule has 2 rings (SSSR count). The first-order valence-electron chi connectivity index (χ1n) is 5.24. The Kier molecular flexibility index (Phi) is 3.22. The van der Waals surface area contributed by atoms with Crippen LogP contribution < -0.4 is 10.1 Å². The van der Waals surface area contributed by atoms with E-state index < -0.39 is 14.8 Å². The fourth-order valence-corrected chi connectivity index (χ4v) is 2.14. The summed E-state index contributed by atoms with van der Waals surface area (Å²) < 4.78 is 28.1. The van der Waals surface area contributed by atoms with Crippen LogP contribution in [0.3, 0.4) is 0 Å². The molecule has 1 aliphatic rings. The molecule has 1 N–H and O–H groups in total. The Balaban J connectivity index is 2.37. The summed E-state index contributed by atoms with van der Waals surface area (Å²) in [7, 11) is -3.47. The van der Waals surface area contributed by atoms with Crippen molar-refractivity contribution in [3.05, 3.63) is 28.3 Å². The molecule has 0 bridgehead atoms. The van der Waals surface area contributed by atoms with Crippen molar-refractivity contribution < 1.29 is 18.1 Å². The van der Waals surface area contributed by atoms with Gasteiger partial charge >= 0.3 is 5.69 Å². The lowest BCUT2D eigenvalue weighted by molar-refractivity contribution is -0.386. The smallest absolute Gasteiger partial charge is 0.312 e. The lowest BCUT2D eigenvalue weighted by atomic mass is 10.2. The van der Waals surface area contributed by atoms with Gasteiger partial charge in [0.25, 0.3) is 0 Å². The molecule has 1 fully saturated rings. The molecule has 7 nitrogen and oxygen atoms in total. The van der Waals surface area contributed by atoms with Crippen LogP contribution in [-0.2, 0) is 9.84 Å². The van der Waals surface area contributed by atoms with E-state index in [0.717, 1.165) is 12.3 Å². The third-order valence-electron chi connectivity index (χ3n) is 2.59. The minimum atomic E-state index is -3.47. The standard InChI is InChI=1S/C10H12N2O5S/c1-18(15,16)8-2-3-10(9(4-8)12(13)14)17-7-5-11-6-7/h2-4,7,11H,5-6H2,1H3. The molecule has 1 aromatic carbocycles. The van der Waals surface area contributed by atoms with Gasteiger partial charge in [-0.15, -0.1) is 0 Å². The van der Waals surface area contributed by atoms with Gasteiger partial charge in [-0.1, -0.05) is 0 Å². The van der Waals surface area contributed by atoms with Crippen LogP contribution >= 0.6 is 0 Å². The first-order chi connectivity index (χ1) is 8.38. The number of hydrogen-bond donors (Lipinski definition) is 1. The van der Waals surface area contributed by atoms with Crippen LogP contribution in [0.5, 0.6) is 5.75 Å². The Bertz CT molecular complexity index is 580. The molecule has 98 valence electrons. The van der Waals surface area contributed by atoms with Crippen LogP contribution in [0.4, 0.5) is 5.69 Å². The number of benzene rings is 1. The fraction of sp³-hybridized carbons (Fsp3) is 0.400. The number of rotatable bonds is 4. The molecule has 1 aliphatic heterocycles. The Hall–Kier alpha value is -1.67. The van der Waals surface area contributed by atoms with Crippen molar-refractivity contribution in [2.45, 2.75) is 11.0 Å².